The van der Waals surface area contributed by atoms with Gasteiger partial charge in [0.2, 0.25) is 0 Å². The summed E-state index contributed by atoms with van der Waals surface area (Å²) in [6.07, 6.45) is -11.7. The van der Waals surface area contributed by atoms with Crippen LogP contribution in [0.25, 0.3) is 0 Å². The normalized spacial score (nSPS) is 15.6. The summed E-state index contributed by atoms with van der Waals surface area (Å²) in [5.74, 6) is -13.7. The van der Waals surface area contributed by atoms with Crippen LogP contribution < -0.4 is 43.9 Å². The summed E-state index contributed by atoms with van der Waals surface area (Å²) in [4.78, 5) is 57.2. The number of rotatable bonds is 17. The van der Waals surface area contributed by atoms with Gasteiger partial charge < -0.3 is 28.7 Å². The molecule has 2 fully saturated rings. The van der Waals surface area contributed by atoms with E-state index in [-0.39, 0.29) is 68.7 Å². The van der Waals surface area contributed by atoms with Gasteiger partial charge >= 0.3 is 12.4 Å². The number of carbonyl (C=O) groups is 2. The number of nitrogens with two attached hydrogens (primary N) is 1. The topological polar surface area (TPSA) is 259 Å². The number of benzene rings is 2. The van der Waals surface area contributed by atoms with Gasteiger partial charge in [0.05, 0.1) is 75.5 Å². The molecule has 4 aromatic heterocycles. The minimum Gasteiger partial charge on any atom is -0.497 e. The Kier molecular flexibility index (Phi) is 17.5. The number of aromatic nitrogens is 6. The van der Waals surface area contributed by atoms with Gasteiger partial charge in [0, 0.05) is 101 Å². The number of piperidine rings is 2. The van der Waals surface area contributed by atoms with Crippen LogP contribution in [0.2, 0.25) is 0 Å². The highest BCUT2D eigenvalue weighted by atomic mass is 32.2. The number of carbonyl (C=O) groups excluding carboxylic acids is 2. The van der Waals surface area contributed by atoms with E-state index < -0.39 is 177 Å². The highest BCUT2D eigenvalue weighted by Gasteiger charge is 2.44. The van der Waals surface area contributed by atoms with Crippen LogP contribution in [0.1, 0.15) is 68.7 Å². The van der Waals surface area contributed by atoms with Crippen LogP contribution in [0.4, 0.5) is 67.2 Å². The second-order valence-electron chi connectivity index (χ2n) is 18.7. The fourth-order valence-corrected chi connectivity index (χ4v) is 10.5. The van der Waals surface area contributed by atoms with Crippen LogP contribution in [-0.2, 0) is 45.5 Å². The number of primary sulfonamides is 1. The average molecular weight is 1230 g/mol. The van der Waals surface area contributed by atoms with Crippen molar-refractivity contribution in [2.24, 2.45) is 5.14 Å². The minimum absolute atomic E-state index is 0.0533. The molecule has 2 aliphatic rings. The van der Waals surface area contributed by atoms with Gasteiger partial charge in [-0.25, -0.2) is 59.5 Å². The lowest BCUT2D eigenvalue weighted by molar-refractivity contribution is -0.138. The first-order valence-corrected chi connectivity index (χ1v) is 27.5. The van der Waals surface area contributed by atoms with Crippen LogP contribution in [-0.4, -0.2) is 129 Å². The van der Waals surface area contributed by atoms with E-state index in [1.165, 1.54) is 64.8 Å². The molecule has 0 radical (unpaired) electrons. The van der Waals surface area contributed by atoms with Crippen LogP contribution in [0.3, 0.4) is 0 Å². The molecule has 34 heteroatoms. The molecular weight excluding hydrogens is 1180 g/mol. The Morgan fingerprint density at radius 1 is 0.571 bits per heavy atom. The van der Waals surface area contributed by atoms with Crippen LogP contribution in [0.15, 0.2) is 95.8 Å². The van der Waals surface area contributed by atoms with Gasteiger partial charge in [-0.05, 0) is 24.3 Å². The minimum atomic E-state index is -5.36. The second-order valence-corrected chi connectivity index (χ2v) is 22.1. The van der Waals surface area contributed by atoms with Crippen LogP contribution in [0.5, 0.6) is 23.0 Å². The Hall–Kier alpha value is -8.24. The molecule has 0 atom stereocenters. The number of hydrogen-bond donors (Lipinski definition) is 1. The van der Waals surface area contributed by atoms with Gasteiger partial charge in [-0.15, -0.1) is 0 Å². The van der Waals surface area contributed by atoms with Gasteiger partial charge in [-0.1, -0.05) is 12.1 Å². The zero-order chi connectivity index (χ0) is 61.3. The van der Waals surface area contributed by atoms with E-state index in [0.717, 1.165) is 14.1 Å². The molecule has 84 heavy (non-hydrogen) atoms. The molecule has 2 saturated heterocycles. The van der Waals surface area contributed by atoms with E-state index in [4.69, 9.17) is 24.1 Å². The van der Waals surface area contributed by atoms with Crippen molar-refractivity contribution < 1.29 is 89.3 Å². The molecule has 6 heterocycles. The number of amides is 2. The molecule has 0 saturated carbocycles. The molecule has 0 bridgehead atoms. The predicted octanol–water partition coefficient (Wildman–Crippen LogP) is 7.55. The van der Waals surface area contributed by atoms with Crippen molar-refractivity contribution in [1.82, 2.24) is 34.2 Å². The number of alkyl halides is 10. The molecule has 22 nitrogen and oxygen atoms in total. The lowest BCUT2D eigenvalue weighted by Gasteiger charge is -2.37. The largest absolute Gasteiger partial charge is 0.497 e. The molecular formula is C50H48F10N12O10S2. The lowest BCUT2D eigenvalue weighted by atomic mass is 10.0. The average Bonchev–Trinajstić information content (AvgIpc) is 1.23. The summed E-state index contributed by atoms with van der Waals surface area (Å²) in [6, 6.07) is 9.03. The summed E-state index contributed by atoms with van der Waals surface area (Å²) < 4.78 is 227. The molecule has 8 rings (SSSR count). The Morgan fingerprint density at radius 3 is 1.31 bits per heavy atom. The molecule has 0 aliphatic carbocycles. The fourth-order valence-electron chi connectivity index (χ4n) is 8.80. The number of hydrogen-bond acceptors (Lipinski definition) is 18. The Bertz CT molecular complexity index is 3620. The third kappa shape index (κ3) is 13.5. The van der Waals surface area contributed by atoms with Crippen LogP contribution >= 0.6 is 0 Å². The number of sulfonamides is 2. The number of ether oxygens (including phenoxy) is 4. The van der Waals surface area contributed by atoms with Crippen molar-refractivity contribution in [2.45, 2.75) is 73.0 Å². The molecule has 450 valence electrons. The Labute approximate surface area is 471 Å². The first-order chi connectivity index (χ1) is 39.4. The molecule has 0 spiro atoms. The van der Waals surface area contributed by atoms with Crippen molar-refractivity contribution in [3.8, 4) is 23.0 Å². The quantitative estimate of drug-likeness (QED) is 0.0683. The van der Waals surface area contributed by atoms with Crippen molar-refractivity contribution in [3.05, 3.63) is 119 Å². The maximum Gasteiger partial charge on any atom is 0.417 e. The third-order valence-corrected chi connectivity index (χ3v) is 15.7. The number of anilines is 4. The van der Waals surface area contributed by atoms with E-state index in [0.29, 0.717) is 24.8 Å². The van der Waals surface area contributed by atoms with Gasteiger partial charge in [-0.2, -0.15) is 40.7 Å². The van der Waals surface area contributed by atoms with E-state index >= 15 is 18.0 Å². The van der Waals surface area contributed by atoms with E-state index in [2.05, 4.69) is 29.9 Å². The van der Waals surface area contributed by atoms with Gasteiger partial charge in [-0.3, -0.25) is 19.6 Å². The van der Waals surface area contributed by atoms with Crippen molar-refractivity contribution in [2.75, 3.05) is 74.4 Å². The summed E-state index contributed by atoms with van der Waals surface area (Å²) in [5.41, 5.74) is -5.44. The number of hydrazine groups is 1. The maximum absolute atomic E-state index is 15.9. The summed E-state index contributed by atoms with van der Waals surface area (Å²) in [5, 5.41) is 2.92. The number of methoxy groups -OCH3 is 4. The van der Waals surface area contributed by atoms with Gasteiger partial charge in [0.25, 0.3) is 43.7 Å². The Balaban J connectivity index is 1.43. The molecule has 2 aromatic carbocycles. The lowest BCUT2D eigenvalue weighted by Crippen LogP contribution is -2.53. The summed E-state index contributed by atoms with van der Waals surface area (Å²) >= 11 is 0. The van der Waals surface area contributed by atoms with E-state index in [9.17, 15) is 52.3 Å². The fraction of sp³-hybridized carbons (Fsp3) is 0.360. The van der Waals surface area contributed by atoms with Crippen LogP contribution in [0, 0.1) is 0 Å². The van der Waals surface area contributed by atoms with Crippen molar-refractivity contribution in [1.29, 1.82) is 0 Å². The number of pyridine rings is 2. The van der Waals surface area contributed by atoms with Gasteiger partial charge in [0.15, 0.2) is 21.7 Å². The highest BCUT2D eigenvalue weighted by Crippen LogP contribution is 2.40. The van der Waals surface area contributed by atoms with E-state index in [1.54, 1.807) is 0 Å². The monoisotopic (exact) mass is 1230 g/mol. The first kappa shape index (κ1) is 61.8. The zero-order valence-corrected chi connectivity index (χ0v) is 46.0. The van der Waals surface area contributed by atoms with Gasteiger partial charge in [0.1, 0.15) is 34.6 Å². The number of halogens is 10. The summed E-state index contributed by atoms with van der Waals surface area (Å²) in [7, 11) is -5.03. The molecule has 2 N–H and O–H groups in total. The zero-order valence-electron chi connectivity index (χ0n) is 44.3. The van der Waals surface area contributed by atoms with Crippen molar-refractivity contribution >= 4 is 55.1 Å². The molecule has 2 amide bonds. The standard InChI is InChI=1S/C50H48F10N12O10S2/c1-79-33-7-5-29(37(19-33)81-3)27-70(28-30-6-8-34(80-2)20-38(30)82-4)84(77,78)42-26-63-24-40(67-42)72(46(74)36-18-32(50(58,59)60)22-65-44(36)69-15-11-48(53,54)12-16-69)71(39-23-62-25-41(66-39)83(61,75)76)45(73)35-17-31(49(55,56)57)21-64-43(35)68-13-9-47(51,52)10-14-68/h5-8,17-26H,9-16,27-28H2,1-4H3,(H2,61,75,76). The SMILES string of the molecule is COc1ccc(CN(Cc2ccc(OC)cc2OC)S(=O)(=O)c2cncc(N(C(=O)c3cc(C(F)(F)F)cnc3N3CCC(F)(F)CC3)N(C(=O)c3cc(C(F)(F)F)cnc3N3CCC(F)(F)CC3)c3cncc(S(N)(=O)=O)n3)n2)c(OC)c1. The van der Waals surface area contributed by atoms with Crippen molar-refractivity contribution in [3.63, 3.8) is 0 Å². The smallest absolute Gasteiger partial charge is 0.417 e. The molecule has 6 aromatic rings. The molecule has 2 aliphatic heterocycles. The van der Waals surface area contributed by atoms with E-state index in [1.807, 2.05) is 0 Å². The highest BCUT2D eigenvalue weighted by molar-refractivity contribution is 7.89. The third-order valence-electron chi connectivity index (χ3n) is 13.2. The first-order valence-electron chi connectivity index (χ1n) is 24.6. The molecule has 0 unspecified atom stereocenters. The predicted molar refractivity (Wildman–Crippen MR) is 276 cm³/mol. The number of nitrogens with zero attached hydrogens (tertiary/aromatic N) is 11. The Morgan fingerprint density at radius 2 is 0.952 bits per heavy atom. The maximum atomic E-state index is 15.9. The summed E-state index contributed by atoms with van der Waals surface area (Å²) in [6.45, 7) is -3.88. The second kappa shape index (κ2) is 23.8.